The average Bonchev–Trinajstić information content (AvgIpc) is 2.78. The molecule has 2 fully saturated rings. The van der Waals surface area contributed by atoms with E-state index in [0.717, 1.165) is 19.5 Å². The van der Waals surface area contributed by atoms with E-state index in [9.17, 15) is 5.11 Å². The molecule has 0 radical (unpaired) electrons. The number of piperidine rings is 1. The van der Waals surface area contributed by atoms with Crippen LogP contribution in [0.25, 0.3) is 0 Å². The fraction of sp³-hybridized carbons (Fsp3) is 0.538. The molecule has 1 aromatic rings. The minimum absolute atomic E-state index is 0.0259. The van der Waals surface area contributed by atoms with Crippen molar-refractivity contribution in [2.45, 2.75) is 31.5 Å². The molecule has 0 aromatic heterocycles. The van der Waals surface area contributed by atoms with Crippen molar-refractivity contribution in [3.05, 3.63) is 35.9 Å². The van der Waals surface area contributed by atoms with E-state index in [-0.39, 0.29) is 6.10 Å². The van der Waals surface area contributed by atoms with Gasteiger partial charge in [-0.25, -0.2) is 0 Å². The molecule has 0 unspecified atom stereocenters. The molecule has 15 heavy (non-hydrogen) atoms. The van der Waals surface area contributed by atoms with Gasteiger partial charge in [-0.05, 0) is 24.3 Å². The van der Waals surface area contributed by atoms with Gasteiger partial charge in [0.25, 0.3) is 0 Å². The van der Waals surface area contributed by atoms with Crippen molar-refractivity contribution in [1.82, 2.24) is 4.90 Å². The number of aliphatic hydroxyl groups excluding tert-OH is 1. The Morgan fingerprint density at radius 3 is 2.60 bits per heavy atom. The molecule has 1 N–H and O–H groups in total. The van der Waals surface area contributed by atoms with Crippen molar-refractivity contribution >= 4 is 0 Å². The van der Waals surface area contributed by atoms with Crippen molar-refractivity contribution in [2.24, 2.45) is 5.92 Å². The molecular weight excluding hydrogens is 186 g/mol. The lowest BCUT2D eigenvalue weighted by Crippen LogP contribution is -2.36. The first kappa shape index (κ1) is 9.37. The summed E-state index contributed by atoms with van der Waals surface area (Å²) >= 11 is 0. The van der Waals surface area contributed by atoms with E-state index >= 15 is 0 Å². The van der Waals surface area contributed by atoms with Crippen molar-refractivity contribution in [1.29, 1.82) is 0 Å². The molecule has 80 valence electrons. The average molecular weight is 203 g/mol. The van der Waals surface area contributed by atoms with Crippen molar-refractivity contribution in [3.63, 3.8) is 0 Å². The number of hydrogen-bond donors (Lipinski definition) is 1. The molecule has 3 atom stereocenters. The molecule has 1 aromatic carbocycles. The summed E-state index contributed by atoms with van der Waals surface area (Å²) in [5.41, 5.74) is 1.39. The monoisotopic (exact) mass is 203 g/mol. The fourth-order valence-corrected chi connectivity index (χ4v) is 3.03. The Kier molecular flexibility index (Phi) is 2.26. The fourth-order valence-electron chi connectivity index (χ4n) is 3.03. The van der Waals surface area contributed by atoms with Crippen LogP contribution in [0.1, 0.15) is 18.4 Å². The lowest BCUT2D eigenvalue weighted by Gasteiger charge is -2.29. The smallest absolute Gasteiger partial charge is 0.0596 e. The summed E-state index contributed by atoms with van der Waals surface area (Å²) in [4.78, 5) is 2.52. The molecule has 3 rings (SSSR count). The highest BCUT2D eigenvalue weighted by atomic mass is 16.3. The zero-order chi connectivity index (χ0) is 10.3. The van der Waals surface area contributed by atoms with Gasteiger partial charge in [0.15, 0.2) is 0 Å². The third-order valence-electron chi connectivity index (χ3n) is 3.85. The van der Waals surface area contributed by atoms with Crippen molar-refractivity contribution < 1.29 is 5.11 Å². The zero-order valence-electron chi connectivity index (χ0n) is 8.84. The molecule has 0 spiro atoms. The predicted octanol–water partition coefficient (Wildman–Crippen LogP) is 1.64. The van der Waals surface area contributed by atoms with Crippen LogP contribution in [-0.2, 0) is 6.54 Å². The second-order valence-electron chi connectivity index (χ2n) is 4.87. The number of rotatable bonds is 2. The first-order valence-electron chi connectivity index (χ1n) is 5.79. The van der Waals surface area contributed by atoms with Crippen LogP contribution in [0.2, 0.25) is 0 Å². The molecular formula is C13H17NO. The maximum Gasteiger partial charge on any atom is 0.0596 e. The van der Waals surface area contributed by atoms with Crippen LogP contribution in [0.15, 0.2) is 30.3 Å². The van der Waals surface area contributed by atoms with E-state index in [1.54, 1.807) is 0 Å². The lowest BCUT2D eigenvalue weighted by molar-refractivity contribution is 0.0711. The molecule has 2 bridgehead atoms. The number of nitrogens with zero attached hydrogens (tertiary/aromatic N) is 1. The maximum atomic E-state index is 9.68. The third-order valence-corrected chi connectivity index (χ3v) is 3.85. The third kappa shape index (κ3) is 1.68. The number of likely N-dealkylation sites (tertiary alicyclic amines) is 1. The minimum atomic E-state index is -0.0259. The number of fused-ring (bicyclic) bond motifs is 2. The molecule has 1 aliphatic heterocycles. The normalized spacial score (nSPS) is 34.9. The molecule has 1 heterocycles. The van der Waals surface area contributed by atoms with Gasteiger partial charge in [-0.15, -0.1) is 0 Å². The maximum absolute atomic E-state index is 9.68. The van der Waals surface area contributed by atoms with Crippen molar-refractivity contribution in [2.75, 3.05) is 6.54 Å². The molecule has 2 nitrogen and oxygen atoms in total. The largest absolute Gasteiger partial charge is 0.393 e. The van der Waals surface area contributed by atoms with E-state index < -0.39 is 0 Å². The Hall–Kier alpha value is -0.860. The van der Waals surface area contributed by atoms with Gasteiger partial charge in [0.05, 0.1) is 6.10 Å². The van der Waals surface area contributed by atoms with Crippen LogP contribution >= 0.6 is 0 Å². The molecule has 1 saturated carbocycles. The number of aliphatic hydroxyl groups is 1. The molecule has 0 amide bonds. The van der Waals surface area contributed by atoms with Gasteiger partial charge in [-0.2, -0.15) is 0 Å². The molecule has 1 saturated heterocycles. The summed E-state index contributed by atoms with van der Waals surface area (Å²) in [6.45, 7) is 2.13. The van der Waals surface area contributed by atoms with Gasteiger partial charge in [0.2, 0.25) is 0 Å². The molecule has 2 aliphatic rings. The first-order chi connectivity index (χ1) is 7.33. The Morgan fingerprint density at radius 1 is 1.20 bits per heavy atom. The second-order valence-corrected chi connectivity index (χ2v) is 4.87. The Labute approximate surface area is 90.5 Å². The van der Waals surface area contributed by atoms with Crippen LogP contribution in [0.3, 0.4) is 0 Å². The quantitative estimate of drug-likeness (QED) is 0.790. The highest BCUT2D eigenvalue weighted by molar-refractivity contribution is 5.15. The highest BCUT2D eigenvalue weighted by Crippen LogP contribution is 2.38. The number of benzene rings is 1. The van der Waals surface area contributed by atoms with E-state index in [1.807, 2.05) is 0 Å². The van der Waals surface area contributed by atoms with Crippen LogP contribution in [0.5, 0.6) is 0 Å². The topological polar surface area (TPSA) is 23.5 Å². The summed E-state index contributed by atoms with van der Waals surface area (Å²) in [6, 6.07) is 11.2. The summed E-state index contributed by atoms with van der Waals surface area (Å²) < 4.78 is 0. The van der Waals surface area contributed by atoms with Gasteiger partial charge in [-0.3, -0.25) is 4.90 Å². The number of hydrogen-bond acceptors (Lipinski definition) is 2. The molecule has 2 heteroatoms. The Bertz CT molecular complexity index is 336. The van der Waals surface area contributed by atoms with Crippen LogP contribution in [0.4, 0.5) is 0 Å². The first-order valence-corrected chi connectivity index (χ1v) is 5.79. The predicted molar refractivity (Wildman–Crippen MR) is 59.4 cm³/mol. The Balaban J connectivity index is 1.67. The van der Waals surface area contributed by atoms with Gasteiger partial charge in [0, 0.05) is 19.1 Å². The SMILES string of the molecule is O[C@@H]1C[C@H]2C[C@H]1CN2Cc1ccccc1. The lowest BCUT2D eigenvalue weighted by atomic mass is 10.1. The van der Waals surface area contributed by atoms with Crippen LogP contribution in [-0.4, -0.2) is 28.7 Å². The van der Waals surface area contributed by atoms with Crippen LogP contribution < -0.4 is 0 Å². The van der Waals surface area contributed by atoms with E-state index in [4.69, 9.17) is 0 Å². The second kappa shape index (κ2) is 3.62. The standard InChI is InChI=1S/C13H17NO/c15-13-7-12-6-11(13)9-14(12)8-10-4-2-1-3-5-10/h1-5,11-13,15H,6-9H2/t11-,12+,13+/m0/s1. The van der Waals surface area contributed by atoms with Gasteiger partial charge < -0.3 is 5.11 Å². The van der Waals surface area contributed by atoms with Gasteiger partial charge in [-0.1, -0.05) is 30.3 Å². The summed E-state index contributed by atoms with van der Waals surface area (Å²) in [6.07, 6.45) is 2.16. The highest BCUT2D eigenvalue weighted by Gasteiger charge is 2.43. The summed E-state index contributed by atoms with van der Waals surface area (Å²) in [5, 5.41) is 9.68. The van der Waals surface area contributed by atoms with Crippen LogP contribution in [0, 0.1) is 5.92 Å². The Morgan fingerprint density at radius 2 is 2.00 bits per heavy atom. The van der Waals surface area contributed by atoms with Gasteiger partial charge in [0.1, 0.15) is 0 Å². The van der Waals surface area contributed by atoms with E-state index in [0.29, 0.717) is 12.0 Å². The van der Waals surface area contributed by atoms with E-state index in [1.165, 1.54) is 12.0 Å². The summed E-state index contributed by atoms with van der Waals surface area (Å²) in [7, 11) is 0. The van der Waals surface area contributed by atoms with Crippen molar-refractivity contribution in [3.8, 4) is 0 Å². The zero-order valence-corrected chi connectivity index (χ0v) is 8.84. The van der Waals surface area contributed by atoms with E-state index in [2.05, 4.69) is 35.2 Å². The molecule has 1 aliphatic carbocycles. The van der Waals surface area contributed by atoms with Gasteiger partial charge >= 0.3 is 0 Å². The summed E-state index contributed by atoms with van der Waals surface area (Å²) in [5.74, 6) is 0.540. The minimum Gasteiger partial charge on any atom is -0.393 e.